The predicted molar refractivity (Wildman–Crippen MR) is 93.0 cm³/mol. The van der Waals surface area contributed by atoms with Crippen LogP contribution in [0, 0.1) is 5.92 Å². The number of methoxy groups -OCH3 is 1. The number of carbonyl (C=O) groups is 3. The molecule has 1 aromatic carbocycles. The fourth-order valence-electron chi connectivity index (χ4n) is 2.67. The molecule has 1 heterocycles. The van der Waals surface area contributed by atoms with Gasteiger partial charge in [0.2, 0.25) is 5.91 Å². The molecule has 1 atom stereocenters. The number of carboxylic acid groups (broad SMARTS) is 1. The van der Waals surface area contributed by atoms with Crippen molar-refractivity contribution in [3.05, 3.63) is 18.2 Å². The number of urea groups is 1. The van der Waals surface area contributed by atoms with E-state index in [1.807, 2.05) is 0 Å². The number of benzene rings is 1. The van der Waals surface area contributed by atoms with E-state index < -0.39 is 17.9 Å². The monoisotopic (exact) mass is 349 g/mol. The summed E-state index contributed by atoms with van der Waals surface area (Å²) in [6, 6.07) is 4.65. The molecule has 8 nitrogen and oxygen atoms in total. The summed E-state index contributed by atoms with van der Waals surface area (Å²) in [5.41, 5.74) is 1.18. The van der Waals surface area contributed by atoms with Crippen molar-refractivity contribution in [2.75, 3.05) is 37.5 Å². The highest BCUT2D eigenvalue weighted by atomic mass is 16.5. The molecule has 0 radical (unpaired) electrons. The van der Waals surface area contributed by atoms with Crippen LogP contribution in [0.15, 0.2) is 18.2 Å². The van der Waals surface area contributed by atoms with Crippen LogP contribution in [0.4, 0.5) is 16.2 Å². The molecule has 136 valence electrons. The van der Waals surface area contributed by atoms with Crippen LogP contribution >= 0.6 is 0 Å². The lowest BCUT2D eigenvalue weighted by molar-refractivity contribution is -0.141. The maximum Gasteiger partial charge on any atom is 0.321 e. The lowest BCUT2D eigenvalue weighted by Gasteiger charge is -2.22. The van der Waals surface area contributed by atoms with Crippen LogP contribution in [0.3, 0.4) is 0 Å². The van der Waals surface area contributed by atoms with E-state index in [2.05, 4.69) is 5.32 Å². The molecule has 0 bridgehead atoms. The third kappa shape index (κ3) is 4.40. The van der Waals surface area contributed by atoms with E-state index in [0.717, 1.165) is 6.42 Å². The van der Waals surface area contributed by atoms with Crippen LogP contribution in [0.1, 0.15) is 19.8 Å². The fourth-order valence-corrected chi connectivity index (χ4v) is 2.67. The molecule has 2 N–H and O–H groups in total. The second kappa shape index (κ2) is 7.87. The van der Waals surface area contributed by atoms with Crippen molar-refractivity contribution in [1.29, 1.82) is 0 Å². The highest BCUT2D eigenvalue weighted by molar-refractivity contribution is 5.97. The number of aliphatic carboxylic acids is 1. The van der Waals surface area contributed by atoms with Gasteiger partial charge in [0.1, 0.15) is 5.75 Å². The van der Waals surface area contributed by atoms with E-state index in [4.69, 9.17) is 9.84 Å². The molecule has 2 rings (SSSR count). The summed E-state index contributed by atoms with van der Waals surface area (Å²) >= 11 is 0. The van der Waals surface area contributed by atoms with Gasteiger partial charge in [-0.2, -0.15) is 0 Å². The standard InChI is InChI=1S/C17H23N3O5/c1-11(16(22)23)10-19(2)17(24)18-12-6-7-13(14(9-12)25-3)20-8-4-5-15(20)21/h6-7,9,11H,4-5,8,10H2,1-3H3,(H,18,24)(H,22,23). The summed E-state index contributed by atoms with van der Waals surface area (Å²) in [7, 11) is 3.04. The minimum absolute atomic E-state index is 0.0532. The van der Waals surface area contributed by atoms with Gasteiger partial charge in [0.15, 0.2) is 0 Å². The van der Waals surface area contributed by atoms with Crippen molar-refractivity contribution >= 4 is 29.3 Å². The van der Waals surface area contributed by atoms with E-state index in [-0.39, 0.29) is 12.5 Å². The SMILES string of the molecule is COc1cc(NC(=O)N(C)CC(C)C(=O)O)ccc1N1CCCC1=O. The van der Waals surface area contributed by atoms with Crippen LogP contribution in [0.5, 0.6) is 5.75 Å². The zero-order valence-corrected chi connectivity index (χ0v) is 14.6. The molecule has 0 aromatic heterocycles. The van der Waals surface area contributed by atoms with Crippen molar-refractivity contribution in [1.82, 2.24) is 4.90 Å². The van der Waals surface area contributed by atoms with Gasteiger partial charge in [-0.05, 0) is 18.6 Å². The van der Waals surface area contributed by atoms with Gasteiger partial charge >= 0.3 is 12.0 Å². The van der Waals surface area contributed by atoms with Gasteiger partial charge in [0.05, 0.1) is 18.7 Å². The van der Waals surface area contributed by atoms with Gasteiger partial charge in [0, 0.05) is 38.3 Å². The summed E-state index contributed by atoms with van der Waals surface area (Å²) in [6.07, 6.45) is 1.33. The number of carboxylic acids is 1. The largest absolute Gasteiger partial charge is 0.494 e. The fraction of sp³-hybridized carbons (Fsp3) is 0.471. The minimum atomic E-state index is -0.957. The minimum Gasteiger partial charge on any atom is -0.494 e. The van der Waals surface area contributed by atoms with E-state index in [1.54, 1.807) is 23.1 Å². The second-order valence-corrected chi connectivity index (χ2v) is 6.09. The molecule has 0 saturated carbocycles. The first kappa shape index (κ1) is 18.6. The maximum absolute atomic E-state index is 12.2. The molecule has 1 saturated heterocycles. The molecule has 1 fully saturated rings. The van der Waals surface area contributed by atoms with E-state index in [9.17, 15) is 14.4 Å². The Morgan fingerprint density at radius 3 is 2.72 bits per heavy atom. The number of hydrogen-bond donors (Lipinski definition) is 2. The number of anilines is 2. The number of nitrogens with one attached hydrogen (secondary N) is 1. The second-order valence-electron chi connectivity index (χ2n) is 6.09. The molecule has 0 aliphatic carbocycles. The maximum atomic E-state index is 12.2. The highest BCUT2D eigenvalue weighted by Gasteiger charge is 2.25. The first-order valence-corrected chi connectivity index (χ1v) is 8.06. The van der Waals surface area contributed by atoms with Crippen molar-refractivity contribution in [2.45, 2.75) is 19.8 Å². The number of nitrogens with zero attached hydrogens (tertiary/aromatic N) is 2. The Morgan fingerprint density at radius 2 is 2.16 bits per heavy atom. The van der Waals surface area contributed by atoms with Crippen molar-refractivity contribution in [2.24, 2.45) is 5.92 Å². The van der Waals surface area contributed by atoms with E-state index in [0.29, 0.717) is 30.1 Å². The Balaban J connectivity index is 2.08. The highest BCUT2D eigenvalue weighted by Crippen LogP contribution is 2.33. The van der Waals surface area contributed by atoms with Gasteiger partial charge < -0.3 is 25.0 Å². The summed E-state index contributed by atoms with van der Waals surface area (Å²) in [4.78, 5) is 37.9. The lowest BCUT2D eigenvalue weighted by atomic mass is 10.2. The average molecular weight is 349 g/mol. The number of carbonyl (C=O) groups excluding carboxylic acids is 2. The molecule has 1 aromatic rings. The Hall–Kier alpha value is -2.77. The van der Waals surface area contributed by atoms with Crippen molar-refractivity contribution < 1.29 is 24.2 Å². The Kier molecular flexibility index (Phi) is 5.84. The van der Waals surface area contributed by atoms with Gasteiger partial charge in [-0.25, -0.2) is 4.79 Å². The molecule has 1 aliphatic heterocycles. The molecule has 0 spiro atoms. The molecule has 1 aliphatic rings. The Morgan fingerprint density at radius 1 is 1.44 bits per heavy atom. The zero-order chi connectivity index (χ0) is 18.6. The summed E-state index contributed by atoms with van der Waals surface area (Å²) in [5, 5.41) is 11.6. The van der Waals surface area contributed by atoms with E-state index >= 15 is 0 Å². The van der Waals surface area contributed by atoms with Crippen LogP contribution in [-0.2, 0) is 9.59 Å². The van der Waals surface area contributed by atoms with Gasteiger partial charge in [-0.3, -0.25) is 9.59 Å². The third-order valence-electron chi connectivity index (χ3n) is 4.11. The van der Waals surface area contributed by atoms with E-state index in [1.165, 1.54) is 26.0 Å². The molecule has 3 amide bonds. The smallest absolute Gasteiger partial charge is 0.321 e. The summed E-state index contributed by atoms with van der Waals surface area (Å²) in [6.45, 7) is 2.28. The Bertz CT molecular complexity index is 676. The lowest BCUT2D eigenvalue weighted by Crippen LogP contribution is -2.36. The normalized spacial score (nSPS) is 15.0. The summed E-state index contributed by atoms with van der Waals surface area (Å²) in [5.74, 6) is -1.07. The first-order valence-electron chi connectivity index (χ1n) is 8.06. The topological polar surface area (TPSA) is 99.2 Å². The van der Waals surface area contributed by atoms with Gasteiger partial charge in [-0.1, -0.05) is 6.92 Å². The molecule has 25 heavy (non-hydrogen) atoms. The van der Waals surface area contributed by atoms with Crippen LogP contribution in [-0.4, -0.2) is 55.2 Å². The average Bonchev–Trinajstić information content (AvgIpc) is 3.00. The Labute approximate surface area is 146 Å². The van der Waals surface area contributed by atoms with Crippen LogP contribution in [0.25, 0.3) is 0 Å². The van der Waals surface area contributed by atoms with Crippen LogP contribution in [0.2, 0.25) is 0 Å². The quantitative estimate of drug-likeness (QED) is 0.818. The number of amides is 3. The van der Waals surface area contributed by atoms with Crippen molar-refractivity contribution in [3.63, 3.8) is 0 Å². The number of hydrogen-bond acceptors (Lipinski definition) is 4. The molecular weight excluding hydrogens is 326 g/mol. The zero-order valence-electron chi connectivity index (χ0n) is 14.6. The predicted octanol–water partition coefficient (Wildman–Crippen LogP) is 2.01. The van der Waals surface area contributed by atoms with Crippen molar-refractivity contribution in [3.8, 4) is 5.75 Å². The third-order valence-corrected chi connectivity index (χ3v) is 4.11. The number of rotatable bonds is 6. The number of ether oxygens (including phenoxy) is 1. The van der Waals surface area contributed by atoms with Crippen LogP contribution < -0.4 is 15.0 Å². The molecule has 1 unspecified atom stereocenters. The van der Waals surface area contributed by atoms with Gasteiger partial charge in [0.25, 0.3) is 0 Å². The first-order chi connectivity index (χ1) is 11.8. The molecular formula is C17H23N3O5. The molecule has 8 heteroatoms. The summed E-state index contributed by atoms with van der Waals surface area (Å²) < 4.78 is 5.35. The van der Waals surface area contributed by atoms with Gasteiger partial charge in [-0.15, -0.1) is 0 Å².